The maximum Gasteiger partial charge on any atom is 0.177 e. The first-order valence-electron chi connectivity index (χ1n) is 9.01. The van der Waals surface area contributed by atoms with Gasteiger partial charge in [-0.15, -0.1) is 0 Å². The molecule has 2 heterocycles. The molecule has 27 heavy (non-hydrogen) atoms. The molecule has 136 valence electrons. The molecule has 0 amide bonds. The molecule has 4 rings (SSSR count). The number of pyridine rings is 1. The molecule has 4 aromatic rings. The maximum absolute atomic E-state index is 13.0. The maximum atomic E-state index is 13.0. The first kappa shape index (κ1) is 17.2. The minimum Gasteiger partial charge on any atom is -0.489 e. The lowest BCUT2D eigenvalue weighted by atomic mass is 9.96. The highest BCUT2D eigenvalue weighted by atomic mass is 19.1. The van der Waals surface area contributed by atoms with E-state index in [1.807, 2.05) is 24.3 Å². The zero-order chi connectivity index (χ0) is 18.6. The fourth-order valence-electron chi connectivity index (χ4n) is 3.16. The van der Waals surface area contributed by atoms with Gasteiger partial charge in [-0.2, -0.15) is 0 Å². The summed E-state index contributed by atoms with van der Waals surface area (Å²) in [5, 5.41) is 0. The molecule has 2 aromatic heterocycles. The van der Waals surface area contributed by atoms with Crippen LogP contribution in [0.15, 0.2) is 66.9 Å². The molecular weight excluding hydrogens is 341 g/mol. The minimum absolute atomic E-state index is 0.172. The summed E-state index contributed by atoms with van der Waals surface area (Å²) in [6.07, 6.45) is 2.68. The monoisotopic (exact) mass is 361 g/mol. The van der Waals surface area contributed by atoms with Crippen molar-refractivity contribution in [2.24, 2.45) is 0 Å². The number of nitrogens with zero attached hydrogens (tertiary/aromatic N) is 2. The van der Waals surface area contributed by atoms with Gasteiger partial charge in [0.1, 0.15) is 24.0 Å². The highest BCUT2D eigenvalue weighted by molar-refractivity contribution is 5.70. The Morgan fingerprint density at radius 2 is 1.81 bits per heavy atom. The van der Waals surface area contributed by atoms with Crippen LogP contribution in [0, 0.1) is 5.82 Å². The summed E-state index contributed by atoms with van der Waals surface area (Å²) in [6, 6.07) is 18.3. The number of hydrogen-bond acceptors (Lipinski definition) is 3. The molecule has 1 N–H and O–H groups in total. The van der Waals surface area contributed by atoms with Crippen LogP contribution in [0.1, 0.15) is 36.2 Å². The van der Waals surface area contributed by atoms with E-state index in [-0.39, 0.29) is 11.7 Å². The third-order valence-corrected chi connectivity index (χ3v) is 4.62. The molecule has 0 aliphatic heterocycles. The van der Waals surface area contributed by atoms with Gasteiger partial charge < -0.3 is 9.72 Å². The molecule has 0 aliphatic rings. The van der Waals surface area contributed by atoms with Crippen LogP contribution >= 0.6 is 0 Å². The Balaban J connectivity index is 1.48. The lowest BCUT2D eigenvalue weighted by Gasteiger charge is -2.14. The van der Waals surface area contributed by atoms with E-state index in [0.717, 1.165) is 34.7 Å². The molecule has 0 spiro atoms. The summed E-state index contributed by atoms with van der Waals surface area (Å²) in [7, 11) is 0. The molecule has 0 saturated heterocycles. The number of aromatic amines is 1. The molecule has 0 bridgehead atoms. The van der Waals surface area contributed by atoms with Crippen LogP contribution in [0.3, 0.4) is 0 Å². The number of imidazole rings is 1. The van der Waals surface area contributed by atoms with Crippen LogP contribution in [0.4, 0.5) is 4.39 Å². The van der Waals surface area contributed by atoms with Gasteiger partial charge in [0.2, 0.25) is 0 Å². The van der Waals surface area contributed by atoms with Gasteiger partial charge in [0, 0.05) is 12.1 Å². The summed E-state index contributed by atoms with van der Waals surface area (Å²) >= 11 is 0. The first-order chi connectivity index (χ1) is 13.2. The zero-order valence-corrected chi connectivity index (χ0v) is 15.0. The van der Waals surface area contributed by atoms with E-state index >= 15 is 0 Å². The zero-order valence-electron chi connectivity index (χ0n) is 15.0. The van der Waals surface area contributed by atoms with E-state index in [9.17, 15) is 4.39 Å². The topological polar surface area (TPSA) is 50.8 Å². The first-order valence-corrected chi connectivity index (χ1v) is 9.01. The van der Waals surface area contributed by atoms with Crippen molar-refractivity contribution in [2.75, 3.05) is 0 Å². The Morgan fingerprint density at radius 3 is 2.52 bits per heavy atom. The van der Waals surface area contributed by atoms with Gasteiger partial charge in [-0.3, -0.25) is 0 Å². The Labute approximate surface area is 157 Å². The van der Waals surface area contributed by atoms with Gasteiger partial charge in [-0.25, -0.2) is 14.4 Å². The van der Waals surface area contributed by atoms with Crippen molar-refractivity contribution >= 4 is 11.2 Å². The lowest BCUT2D eigenvalue weighted by Crippen LogP contribution is -2.02. The number of ether oxygens (including phenoxy) is 1. The number of benzene rings is 2. The molecule has 1 unspecified atom stereocenters. The number of aromatic nitrogens is 3. The molecule has 0 fully saturated rings. The minimum atomic E-state index is -0.241. The molecular formula is C22H20FN3O. The van der Waals surface area contributed by atoms with E-state index in [4.69, 9.17) is 4.74 Å². The van der Waals surface area contributed by atoms with Crippen molar-refractivity contribution in [2.45, 2.75) is 25.9 Å². The molecule has 0 radical (unpaired) electrons. The van der Waals surface area contributed by atoms with Crippen LogP contribution in [-0.2, 0) is 6.61 Å². The number of rotatable bonds is 6. The van der Waals surface area contributed by atoms with Crippen LogP contribution in [-0.4, -0.2) is 15.0 Å². The predicted octanol–water partition coefficient (Wildman–Crippen LogP) is 5.22. The summed E-state index contributed by atoms with van der Waals surface area (Å²) in [4.78, 5) is 12.3. The average Bonchev–Trinajstić information content (AvgIpc) is 3.13. The Hall–Kier alpha value is -3.21. The van der Waals surface area contributed by atoms with Gasteiger partial charge in [0.15, 0.2) is 5.65 Å². The largest absolute Gasteiger partial charge is 0.489 e. The summed E-state index contributed by atoms with van der Waals surface area (Å²) < 4.78 is 18.8. The fraction of sp³-hybridized carbons (Fsp3) is 0.182. The van der Waals surface area contributed by atoms with Crippen molar-refractivity contribution in [3.05, 3.63) is 89.6 Å². The smallest absolute Gasteiger partial charge is 0.177 e. The second-order valence-corrected chi connectivity index (χ2v) is 6.44. The number of H-pyrrole nitrogens is 1. The Kier molecular flexibility index (Phi) is 4.83. The van der Waals surface area contributed by atoms with Crippen molar-refractivity contribution < 1.29 is 9.13 Å². The number of fused-ring (bicyclic) bond motifs is 1. The van der Waals surface area contributed by atoms with E-state index in [0.29, 0.717) is 6.61 Å². The summed E-state index contributed by atoms with van der Waals surface area (Å²) in [5.74, 6) is 1.63. The van der Waals surface area contributed by atoms with Crippen LogP contribution in [0.5, 0.6) is 5.75 Å². The van der Waals surface area contributed by atoms with Crippen LogP contribution < -0.4 is 4.74 Å². The summed E-state index contributed by atoms with van der Waals surface area (Å²) in [6.45, 7) is 2.55. The Bertz CT molecular complexity index is 993. The van der Waals surface area contributed by atoms with E-state index in [2.05, 4.69) is 34.0 Å². The quantitative estimate of drug-likeness (QED) is 0.512. The number of hydrogen-bond donors (Lipinski definition) is 1. The number of nitrogens with one attached hydrogen (secondary N) is 1. The van der Waals surface area contributed by atoms with Gasteiger partial charge in [-0.05, 0) is 53.9 Å². The number of halogens is 1. The van der Waals surface area contributed by atoms with Crippen molar-refractivity contribution in [1.82, 2.24) is 15.0 Å². The van der Waals surface area contributed by atoms with Crippen LogP contribution in [0.2, 0.25) is 0 Å². The third kappa shape index (κ3) is 3.82. The van der Waals surface area contributed by atoms with Gasteiger partial charge in [0.25, 0.3) is 0 Å². The second-order valence-electron chi connectivity index (χ2n) is 6.44. The molecule has 2 aromatic carbocycles. The van der Waals surface area contributed by atoms with Gasteiger partial charge >= 0.3 is 0 Å². The molecule has 0 aliphatic carbocycles. The third-order valence-electron chi connectivity index (χ3n) is 4.62. The highest BCUT2D eigenvalue weighted by Crippen LogP contribution is 2.28. The standard InChI is InChI=1S/C22H20FN3O/c1-2-19(21-25-20-4-3-13-24-22(20)26-21)16-7-11-18(12-8-16)27-14-15-5-9-17(23)10-6-15/h3-13,19H,2,14H2,1H3,(H,24,25,26). The molecule has 1 atom stereocenters. The van der Waals surface area contributed by atoms with Crippen molar-refractivity contribution in [3.8, 4) is 5.75 Å². The lowest BCUT2D eigenvalue weighted by molar-refractivity contribution is 0.306. The predicted molar refractivity (Wildman–Crippen MR) is 103 cm³/mol. The molecule has 4 nitrogen and oxygen atoms in total. The van der Waals surface area contributed by atoms with Gasteiger partial charge in [-0.1, -0.05) is 31.2 Å². The summed E-state index contributed by atoms with van der Waals surface area (Å²) in [5.41, 5.74) is 3.79. The fourth-order valence-corrected chi connectivity index (χ4v) is 3.16. The van der Waals surface area contributed by atoms with Crippen molar-refractivity contribution in [3.63, 3.8) is 0 Å². The van der Waals surface area contributed by atoms with E-state index < -0.39 is 0 Å². The van der Waals surface area contributed by atoms with Gasteiger partial charge in [0.05, 0.1) is 5.52 Å². The SMILES string of the molecule is CCC(c1ccc(OCc2ccc(F)cc2)cc1)c1nc2ncccc2[nH]1. The van der Waals surface area contributed by atoms with Crippen LogP contribution in [0.25, 0.3) is 11.2 Å². The van der Waals surface area contributed by atoms with Crippen molar-refractivity contribution in [1.29, 1.82) is 0 Å². The molecule has 5 heteroatoms. The average molecular weight is 361 g/mol. The normalized spacial score (nSPS) is 12.2. The highest BCUT2D eigenvalue weighted by Gasteiger charge is 2.16. The molecule has 0 saturated carbocycles. The van der Waals surface area contributed by atoms with E-state index in [1.54, 1.807) is 18.3 Å². The second kappa shape index (κ2) is 7.58. The Morgan fingerprint density at radius 1 is 1.04 bits per heavy atom. The van der Waals surface area contributed by atoms with E-state index in [1.165, 1.54) is 17.7 Å².